The van der Waals surface area contributed by atoms with Crippen LogP contribution in [-0.4, -0.2) is 48.1 Å². The molecule has 0 unspecified atom stereocenters. The number of hydrogen-bond donors (Lipinski definition) is 0. The Kier molecular flexibility index (Phi) is 4.81. The number of piperidine rings is 2. The van der Waals surface area contributed by atoms with E-state index in [-0.39, 0.29) is 0 Å². The first-order chi connectivity index (χ1) is 9.33. The number of likely N-dealkylation sites (tertiary alicyclic amines) is 2. The highest BCUT2D eigenvalue weighted by atomic mass is 15.2. The van der Waals surface area contributed by atoms with Crippen LogP contribution in [0.3, 0.4) is 0 Å². The molecule has 0 radical (unpaired) electrons. The minimum atomic E-state index is 0.905. The fraction of sp³-hybridized carbons (Fsp3) is 1.00. The van der Waals surface area contributed by atoms with E-state index in [1.807, 2.05) is 0 Å². The van der Waals surface area contributed by atoms with Crippen molar-refractivity contribution < 1.29 is 0 Å². The van der Waals surface area contributed by atoms with E-state index in [0.717, 1.165) is 18.0 Å². The van der Waals surface area contributed by atoms with Gasteiger partial charge >= 0.3 is 0 Å². The third-order valence-corrected chi connectivity index (χ3v) is 5.79. The average Bonchev–Trinajstić information content (AvgIpc) is 2.48. The molecule has 0 aromatic heterocycles. The molecule has 2 aliphatic heterocycles. The van der Waals surface area contributed by atoms with Gasteiger partial charge in [-0.25, -0.2) is 0 Å². The first kappa shape index (κ1) is 13.9. The summed E-state index contributed by atoms with van der Waals surface area (Å²) in [6.07, 6.45) is 13.2. The Morgan fingerprint density at radius 1 is 0.632 bits per heavy atom. The average molecular weight is 264 g/mol. The molecule has 3 fully saturated rings. The zero-order chi connectivity index (χ0) is 13.1. The Hall–Kier alpha value is -0.0800. The van der Waals surface area contributed by atoms with Gasteiger partial charge in [0.15, 0.2) is 0 Å². The van der Waals surface area contributed by atoms with Crippen molar-refractivity contribution in [2.75, 3.05) is 26.2 Å². The lowest BCUT2D eigenvalue weighted by Crippen LogP contribution is -2.50. The Labute approximate surface area is 119 Å². The molecule has 110 valence electrons. The minimum Gasteiger partial charge on any atom is -0.300 e. The Morgan fingerprint density at radius 3 is 2.00 bits per heavy atom. The van der Waals surface area contributed by atoms with Gasteiger partial charge in [0.1, 0.15) is 0 Å². The molecule has 2 nitrogen and oxygen atoms in total. The van der Waals surface area contributed by atoms with Crippen molar-refractivity contribution in [1.29, 1.82) is 0 Å². The molecule has 3 rings (SSSR count). The van der Waals surface area contributed by atoms with E-state index in [9.17, 15) is 0 Å². The van der Waals surface area contributed by atoms with E-state index in [0.29, 0.717) is 0 Å². The second-order valence-corrected chi connectivity index (χ2v) is 7.30. The van der Waals surface area contributed by atoms with E-state index in [1.54, 1.807) is 0 Å². The van der Waals surface area contributed by atoms with Crippen LogP contribution < -0.4 is 0 Å². The lowest BCUT2D eigenvalue weighted by atomic mass is 9.91. The van der Waals surface area contributed by atoms with Crippen molar-refractivity contribution in [3.63, 3.8) is 0 Å². The van der Waals surface area contributed by atoms with E-state index < -0.39 is 0 Å². The molecule has 1 atom stereocenters. The summed E-state index contributed by atoms with van der Waals surface area (Å²) in [7, 11) is 0. The van der Waals surface area contributed by atoms with Gasteiger partial charge in [0.2, 0.25) is 0 Å². The molecular weight excluding hydrogens is 232 g/mol. The molecular formula is C17H32N2. The van der Waals surface area contributed by atoms with Gasteiger partial charge in [0.05, 0.1) is 0 Å². The van der Waals surface area contributed by atoms with Gasteiger partial charge in [-0.2, -0.15) is 0 Å². The molecule has 0 spiro atoms. The molecule has 0 amide bonds. The second-order valence-electron chi connectivity index (χ2n) is 7.30. The zero-order valence-electron chi connectivity index (χ0n) is 12.8. The van der Waals surface area contributed by atoms with Gasteiger partial charge < -0.3 is 9.80 Å². The van der Waals surface area contributed by atoms with Crippen LogP contribution in [0.4, 0.5) is 0 Å². The van der Waals surface area contributed by atoms with E-state index in [1.165, 1.54) is 84.0 Å². The summed E-state index contributed by atoms with van der Waals surface area (Å²) in [4.78, 5) is 5.63. The fourth-order valence-corrected chi connectivity index (χ4v) is 4.62. The number of rotatable bonds is 2. The molecule has 19 heavy (non-hydrogen) atoms. The van der Waals surface area contributed by atoms with E-state index in [2.05, 4.69) is 16.7 Å². The Morgan fingerprint density at radius 2 is 1.32 bits per heavy atom. The highest BCUT2D eigenvalue weighted by Gasteiger charge is 2.30. The van der Waals surface area contributed by atoms with Crippen molar-refractivity contribution in [2.45, 2.75) is 76.8 Å². The van der Waals surface area contributed by atoms with Crippen molar-refractivity contribution in [3.05, 3.63) is 0 Å². The van der Waals surface area contributed by atoms with Gasteiger partial charge in [-0.1, -0.05) is 26.2 Å². The quantitative estimate of drug-likeness (QED) is 0.753. The topological polar surface area (TPSA) is 6.48 Å². The predicted octanol–water partition coefficient (Wildman–Crippen LogP) is 3.52. The Balaban J connectivity index is 1.46. The highest BCUT2D eigenvalue weighted by molar-refractivity contribution is 4.86. The van der Waals surface area contributed by atoms with Crippen LogP contribution in [0.5, 0.6) is 0 Å². The molecule has 0 bridgehead atoms. The summed E-state index contributed by atoms with van der Waals surface area (Å²) in [6.45, 7) is 7.93. The van der Waals surface area contributed by atoms with Crippen LogP contribution in [0.15, 0.2) is 0 Å². The SMILES string of the molecule is C[C@H]1CCCN(C2CCN(C3CCCCC3)CC2)C1. The molecule has 3 aliphatic rings. The minimum absolute atomic E-state index is 0.905. The lowest BCUT2D eigenvalue weighted by molar-refractivity contribution is 0.0509. The van der Waals surface area contributed by atoms with Gasteiger partial charge in [-0.3, -0.25) is 0 Å². The van der Waals surface area contributed by atoms with Crippen molar-refractivity contribution in [1.82, 2.24) is 9.80 Å². The first-order valence-corrected chi connectivity index (χ1v) is 8.81. The third kappa shape index (κ3) is 3.52. The third-order valence-electron chi connectivity index (χ3n) is 5.79. The summed E-state index contributed by atoms with van der Waals surface area (Å²) >= 11 is 0. The summed E-state index contributed by atoms with van der Waals surface area (Å²) in [5.74, 6) is 0.935. The number of nitrogens with zero attached hydrogens (tertiary/aromatic N) is 2. The van der Waals surface area contributed by atoms with Crippen LogP contribution in [0.2, 0.25) is 0 Å². The molecule has 0 N–H and O–H groups in total. The van der Waals surface area contributed by atoms with Gasteiger partial charge in [-0.05, 0) is 64.1 Å². The molecule has 1 aliphatic carbocycles. The molecule has 0 aromatic carbocycles. The normalized spacial score (nSPS) is 33.6. The van der Waals surface area contributed by atoms with E-state index in [4.69, 9.17) is 0 Å². The molecule has 2 heteroatoms. The van der Waals surface area contributed by atoms with E-state index >= 15 is 0 Å². The summed E-state index contributed by atoms with van der Waals surface area (Å²) in [5.41, 5.74) is 0. The fourth-order valence-electron chi connectivity index (χ4n) is 4.62. The largest absolute Gasteiger partial charge is 0.300 e. The number of hydrogen-bond acceptors (Lipinski definition) is 2. The highest BCUT2D eigenvalue weighted by Crippen LogP contribution is 2.28. The maximum Gasteiger partial charge on any atom is 0.0120 e. The standard InChI is InChI=1S/C17H32N2/c1-15-6-5-11-19(14-15)17-9-12-18(13-10-17)16-7-3-2-4-8-16/h15-17H,2-14H2,1H3/t15-/m0/s1. The van der Waals surface area contributed by atoms with Crippen LogP contribution in [0.1, 0.15) is 64.7 Å². The van der Waals surface area contributed by atoms with Crippen LogP contribution >= 0.6 is 0 Å². The maximum absolute atomic E-state index is 2.82. The molecule has 2 heterocycles. The van der Waals surface area contributed by atoms with Crippen LogP contribution in [0.25, 0.3) is 0 Å². The lowest BCUT2D eigenvalue weighted by Gasteiger charge is -2.44. The molecule has 0 aromatic rings. The summed E-state index contributed by atoms with van der Waals surface area (Å²) in [5, 5.41) is 0. The van der Waals surface area contributed by atoms with Gasteiger partial charge in [-0.15, -0.1) is 0 Å². The van der Waals surface area contributed by atoms with Crippen molar-refractivity contribution in [3.8, 4) is 0 Å². The maximum atomic E-state index is 2.82. The first-order valence-electron chi connectivity index (χ1n) is 8.81. The van der Waals surface area contributed by atoms with Crippen LogP contribution in [-0.2, 0) is 0 Å². The van der Waals surface area contributed by atoms with Gasteiger partial charge in [0, 0.05) is 18.6 Å². The smallest absolute Gasteiger partial charge is 0.0120 e. The predicted molar refractivity (Wildman–Crippen MR) is 81.4 cm³/mol. The van der Waals surface area contributed by atoms with Crippen LogP contribution in [0, 0.1) is 5.92 Å². The molecule has 1 saturated carbocycles. The Bertz CT molecular complexity index is 264. The van der Waals surface area contributed by atoms with Crippen molar-refractivity contribution in [2.24, 2.45) is 5.92 Å². The zero-order valence-corrected chi connectivity index (χ0v) is 12.8. The summed E-state index contributed by atoms with van der Waals surface area (Å²) in [6, 6.07) is 1.84. The second kappa shape index (κ2) is 6.58. The van der Waals surface area contributed by atoms with Crippen molar-refractivity contribution >= 4 is 0 Å². The molecule has 2 saturated heterocycles. The summed E-state index contributed by atoms with van der Waals surface area (Å²) < 4.78 is 0. The van der Waals surface area contributed by atoms with Gasteiger partial charge in [0.25, 0.3) is 0 Å². The monoisotopic (exact) mass is 264 g/mol.